The van der Waals surface area contributed by atoms with E-state index in [1.807, 2.05) is 13.8 Å². The van der Waals surface area contributed by atoms with Crippen molar-refractivity contribution >= 4 is 6.03 Å². The molecular formula is C18H27FN2O. The first kappa shape index (κ1) is 16.8. The molecule has 1 unspecified atom stereocenters. The van der Waals surface area contributed by atoms with Crippen molar-refractivity contribution in [1.29, 1.82) is 0 Å². The van der Waals surface area contributed by atoms with Gasteiger partial charge >= 0.3 is 6.03 Å². The molecule has 1 aliphatic rings. The maximum absolute atomic E-state index is 13.0. The highest BCUT2D eigenvalue weighted by atomic mass is 19.1. The van der Waals surface area contributed by atoms with Gasteiger partial charge in [0, 0.05) is 13.1 Å². The summed E-state index contributed by atoms with van der Waals surface area (Å²) in [4.78, 5) is 14.2. The Bertz CT molecular complexity index is 468. The van der Waals surface area contributed by atoms with Crippen molar-refractivity contribution in [3.8, 4) is 0 Å². The van der Waals surface area contributed by atoms with Crippen molar-refractivity contribution in [3.63, 3.8) is 0 Å². The molecule has 4 heteroatoms. The number of hydrogen-bond donors (Lipinski definition) is 1. The van der Waals surface area contributed by atoms with Crippen molar-refractivity contribution in [2.75, 3.05) is 13.1 Å². The normalized spacial score (nSPS) is 16.5. The molecule has 0 aromatic heterocycles. The topological polar surface area (TPSA) is 32.3 Å². The van der Waals surface area contributed by atoms with Crippen LogP contribution in [-0.4, -0.2) is 24.0 Å². The monoisotopic (exact) mass is 306 g/mol. The molecule has 2 amide bonds. The predicted molar refractivity (Wildman–Crippen MR) is 87.2 cm³/mol. The Morgan fingerprint density at radius 3 is 2.55 bits per heavy atom. The molecule has 0 radical (unpaired) electrons. The second kappa shape index (κ2) is 8.16. The van der Waals surface area contributed by atoms with Gasteiger partial charge in [-0.2, -0.15) is 0 Å². The highest BCUT2D eigenvalue weighted by Crippen LogP contribution is 2.27. The van der Waals surface area contributed by atoms with Gasteiger partial charge in [0.05, 0.1) is 6.04 Å². The fourth-order valence-corrected chi connectivity index (χ4v) is 3.30. The molecule has 2 rings (SSSR count). The summed E-state index contributed by atoms with van der Waals surface area (Å²) in [5.74, 6) is 0.532. The number of amides is 2. The largest absolute Gasteiger partial charge is 0.338 e. The zero-order valence-electron chi connectivity index (χ0n) is 13.6. The maximum atomic E-state index is 13.0. The van der Waals surface area contributed by atoms with Gasteiger partial charge in [0.15, 0.2) is 0 Å². The van der Waals surface area contributed by atoms with Crippen LogP contribution in [0.1, 0.15) is 57.6 Å². The lowest BCUT2D eigenvalue weighted by Crippen LogP contribution is -2.41. The van der Waals surface area contributed by atoms with Gasteiger partial charge in [-0.25, -0.2) is 9.18 Å². The number of hydrogen-bond acceptors (Lipinski definition) is 1. The lowest BCUT2D eigenvalue weighted by Gasteiger charge is -2.28. The molecular weight excluding hydrogens is 279 g/mol. The first-order chi connectivity index (χ1) is 10.6. The maximum Gasteiger partial charge on any atom is 0.317 e. The van der Waals surface area contributed by atoms with Gasteiger partial charge in [-0.15, -0.1) is 0 Å². The second-order valence-electron chi connectivity index (χ2n) is 6.18. The van der Waals surface area contributed by atoms with Crippen molar-refractivity contribution in [1.82, 2.24) is 10.2 Å². The quantitative estimate of drug-likeness (QED) is 0.824. The number of nitrogens with one attached hydrogen (secondary N) is 1. The van der Waals surface area contributed by atoms with E-state index in [9.17, 15) is 9.18 Å². The van der Waals surface area contributed by atoms with E-state index in [0.29, 0.717) is 6.54 Å². The Kier molecular flexibility index (Phi) is 6.22. The van der Waals surface area contributed by atoms with E-state index in [2.05, 4.69) is 5.32 Å². The van der Waals surface area contributed by atoms with E-state index in [1.54, 1.807) is 17.0 Å². The smallest absolute Gasteiger partial charge is 0.317 e. The molecule has 122 valence electrons. The Morgan fingerprint density at radius 1 is 1.32 bits per heavy atom. The van der Waals surface area contributed by atoms with E-state index in [0.717, 1.165) is 24.4 Å². The first-order valence-corrected chi connectivity index (χ1v) is 8.41. The zero-order chi connectivity index (χ0) is 15.9. The van der Waals surface area contributed by atoms with E-state index in [1.165, 1.54) is 37.8 Å². The summed E-state index contributed by atoms with van der Waals surface area (Å²) < 4.78 is 13.0. The lowest BCUT2D eigenvalue weighted by molar-refractivity contribution is 0.182. The molecule has 1 aromatic rings. The molecule has 1 aromatic carbocycles. The van der Waals surface area contributed by atoms with Crippen LogP contribution >= 0.6 is 0 Å². The molecule has 0 bridgehead atoms. The fraction of sp³-hybridized carbons (Fsp3) is 0.611. The molecule has 1 fully saturated rings. The van der Waals surface area contributed by atoms with Gasteiger partial charge in [0.1, 0.15) is 5.82 Å². The highest BCUT2D eigenvalue weighted by Gasteiger charge is 2.20. The van der Waals surface area contributed by atoms with E-state index in [4.69, 9.17) is 0 Å². The average Bonchev–Trinajstić information content (AvgIpc) is 3.02. The molecule has 0 heterocycles. The van der Waals surface area contributed by atoms with Gasteiger partial charge in [0.25, 0.3) is 0 Å². The molecule has 1 N–H and O–H groups in total. The van der Waals surface area contributed by atoms with Gasteiger partial charge in [-0.1, -0.05) is 37.8 Å². The molecule has 1 aliphatic carbocycles. The average molecular weight is 306 g/mol. The third-order valence-corrected chi connectivity index (χ3v) is 4.73. The summed E-state index contributed by atoms with van der Waals surface area (Å²) in [6.45, 7) is 5.33. The van der Waals surface area contributed by atoms with Crippen molar-refractivity contribution in [2.45, 2.75) is 52.0 Å². The number of benzene rings is 1. The Morgan fingerprint density at radius 2 is 1.95 bits per heavy atom. The van der Waals surface area contributed by atoms with Crippen LogP contribution < -0.4 is 5.32 Å². The molecule has 3 nitrogen and oxygen atoms in total. The van der Waals surface area contributed by atoms with Crippen LogP contribution in [0.4, 0.5) is 9.18 Å². The molecule has 0 saturated heterocycles. The third kappa shape index (κ3) is 4.46. The van der Waals surface area contributed by atoms with Gasteiger partial charge in [0.2, 0.25) is 0 Å². The molecule has 1 saturated carbocycles. The van der Waals surface area contributed by atoms with Crippen molar-refractivity contribution in [3.05, 3.63) is 35.6 Å². The Balaban J connectivity index is 1.85. The van der Waals surface area contributed by atoms with Crippen LogP contribution in [0, 0.1) is 11.7 Å². The third-order valence-electron chi connectivity index (χ3n) is 4.73. The molecule has 22 heavy (non-hydrogen) atoms. The second-order valence-corrected chi connectivity index (χ2v) is 6.18. The summed E-state index contributed by atoms with van der Waals surface area (Å²) >= 11 is 0. The summed E-state index contributed by atoms with van der Waals surface area (Å²) in [6, 6.07) is 6.28. The number of rotatable bonds is 6. The minimum absolute atomic E-state index is 0.0303. The van der Waals surface area contributed by atoms with Gasteiger partial charge in [-0.05, 0) is 43.9 Å². The van der Waals surface area contributed by atoms with E-state index in [-0.39, 0.29) is 17.9 Å². The molecule has 0 aliphatic heterocycles. The molecule has 0 spiro atoms. The summed E-state index contributed by atoms with van der Waals surface area (Å²) in [7, 11) is 0. The number of urea groups is 1. The van der Waals surface area contributed by atoms with Crippen molar-refractivity contribution < 1.29 is 9.18 Å². The highest BCUT2D eigenvalue weighted by molar-refractivity contribution is 5.74. The standard InChI is InChI=1S/C18H27FN2O/c1-3-21(14(2)16-8-10-17(19)11-9-16)18(22)20-13-12-15-6-4-5-7-15/h8-11,14-15H,3-7,12-13H2,1-2H3,(H,20,22). The Hall–Kier alpha value is -1.58. The lowest BCUT2D eigenvalue weighted by atomic mass is 10.0. The summed E-state index contributed by atoms with van der Waals surface area (Å²) in [5, 5.41) is 3.04. The minimum Gasteiger partial charge on any atom is -0.338 e. The van der Waals surface area contributed by atoms with Gasteiger partial charge in [-0.3, -0.25) is 0 Å². The van der Waals surface area contributed by atoms with Crippen LogP contribution in [0.5, 0.6) is 0 Å². The number of halogens is 1. The van der Waals surface area contributed by atoms with Crippen LogP contribution in [0.25, 0.3) is 0 Å². The summed E-state index contributed by atoms with van der Waals surface area (Å²) in [5.41, 5.74) is 0.953. The first-order valence-electron chi connectivity index (χ1n) is 8.41. The van der Waals surface area contributed by atoms with Crippen molar-refractivity contribution in [2.24, 2.45) is 5.92 Å². The number of nitrogens with zero attached hydrogens (tertiary/aromatic N) is 1. The van der Waals surface area contributed by atoms with Crippen LogP contribution in [0.2, 0.25) is 0 Å². The summed E-state index contributed by atoms with van der Waals surface area (Å²) in [6.07, 6.45) is 6.36. The van der Waals surface area contributed by atoms with E-state index >= 15 is 0 Å². The van der Waals surface area contributed by atoms with E-state index < -0.39 is 0 Å². The number of carbonyl (C=O) groups excluding carboxylic acids is 1. The van der Waals surface area contributed by atoms with Crippen LogP contribution in [0.3, 0.4) is 0 Å². The van der Waals surface area contributed by atoms with Crippen LogP contribution in [-0.2, 0) is 0 Å². The SMILES string of the molecule is CCN(C(=O)NCCC1CCCC1)C(C)c1ccc(F)cc1. The van der Waals surface area contributed by atoms with Crippen LogP contribution in [0.15, 0.2) is 24.3 Å². The molecule has 1 atom stereocenters. The number of carbonyl (C=O) groups is 1. The van der Waals surface area contributed by atoms with Gasteiger partial charge < -0.3 is 10.2 Å². The predicted octanol–water partition coefficient (Wildman–Crippen LogP) is 4.50. The Labute approximate surface area is 132 Å². The minimum atomic E-state index is -0.250. The zero-order valence-corrected chi connectivity index (χ0v) is 13.6. The fourth-order valence-electron chi connectivity index (χ4n) is 3.30.